The molecule has 0 saturated heterocycles. The van der Waals surface area contributed by atoms with Gasteiger partial charge in [-0.1, -0.05) is 39.8 Å². The Bertz CT molecular complexity index is 427. The van der Waals surface area contributed by atoms with Gasteiger partial charge in [-0.2, -0.15) is 5.26 Å². The molecule has 0 amide bonds. The van der Waals surface area contributed by atoms with Gasteiger partial charge in [0.25, 0.3) is 0 Å². The van der Waals surface area contributed by atoms with E-state index in [2.05, 4.69) is 64.2 Å². The van der Waals surface area contributed by atoms with Crippen molar-refractivity contribution in [3.05, 3.63) is 29.3 Å². The highest BCUT2D eigenvalue weighted by Gasteiger charge is 2.12. The SMILES string of the molecule is Cc1ccc(C(C)C)cc1NCC(C#N)C(C)C. The third-order valence-corrected chi connectivity index (χ3v) is 3.41. The summed E-state index contributed by atoms with van der Waals surface area (Å²) < 4.78 is 0. The molecule has 0 aliphatic carbocycles. The van der Waals surface area contributed by atoms with Crippen LogP contribution < -0.4 is 5.32 Å². The molecular weight excluding hydrogens is 220 g/mol. The molecule has 0 bridgehead atoms. The fourth-order valence-electron chi connectivity index (χ4n) is 1.84. The van der Waals surface area contributed by atoms with E-state index in [4.69, 9.17) is 5.26 Å². The molecule has 1 N–H and O–H groups in total. The van der Waals surface area contributed by atoms with Gasteiger partial charge in [0.05, 0.1) is 12.0 Å². The second-order valence-corrected chi connectivity index (χ2v) is 5.59. The highest BCUT2D eigenvalue weighted by Crippen LogP contribution is 2.23. The van der Waals surface area contributed by atoms with Crippen LogP contribution in [0, 0.1) is 30.1 Å². The molecule has 1 aromatic rings. The summed E-state index contributed by atoms with van der Waals surface area (Å²) in [6, 6.07) is 8.89. The summed E-state index contributed by atoms with van der Waals surface area (Å²) in [7, 11) is 0. The van der Waals surface area contributed by atoms with E-state index in [-0.39, 0.29) is 5.92 Å². The number of nitriles is 1. The van der Waals surface area contributed by atoms with E-state index < -0.39 is 0 Å². The third kappa shape index (κ3) is 3.77. The molecule has 0 aliphatic rings. The Morgan fingerprint density at radius 2 is 1.89 bits per heavy atom. The molecule has 0 radical (unpaired) electrons. The summed E-state index contributed by atoms with van der Waals surface area (Å²) in [5.74, 6) is 0.978. The van der Waals surface area contributed by atoms with Crippen LogP contribution in [0.15, 0.2) is 18.2 Å². The van der Waals surface area contributed by atoms with Gasteiger partial charge in [-0.3, -0.25) is 0 Å². The van der Waals surface area contributed by atoms with Gasteiger partial charge in [0.2, 0.25) is 0 Å². The van der Waals surface area contributed by atoms with Crippen LogP contribution in [0.2, 0.25) is 0 Å². The summed E-state index contributed by atoms with van der Waals surface area (Å²) in [6.45, 7) is 11.4. The quantitative estimate of drug-likeness (QED) is 0.837. The van der Waals surface area contributed by atoms with Crippen molar-refractivity contribution in [2.75, 3.05) is 11.9 Å². The first-order valence-corrected chi connectivity index (χ1v) is 6.69. The highest BCUT2D eigenvalue weighted by atomic mass is 14.9. The average Bonchev–Trinajstić information content (AvgIpc) is 2.31. The Labute approximate surface area is 111 Å². The highest BCUT2D eigenvalue weighted by molar-refractivity contribution is 5.53. The summed E-state index contributed by atoms with van der Waals surface area (Å²) >= 11 is 0. The number of anilines is 1. The van der Waals surface area contributed by atoms with Crippen molar-refractivity contribution in [1.82, 2.24) is 0 Å². The average molecular weight is 244 g/mol. The van der Waals surface area contributed by atoms with Crippen LogP contribution >= 0.6 is 0 Å². The Morgan fingerprint density at radius 3 is 2.39 bits per heavy atom. The van der Waals surface area contributed by atoms with Crippen LogP contribution in [0.5, 0.6) is 0 Å². The number of hydrogen-bond acceptors (Lipinski definition) is 2. The lowest BCUT2D eigenvalue weighted by Gasteiger charge is -2.17. The van der Waals surface area contributed by atoms with Gasteiger partial charge >= 0.3 is 0 Å². The zero-order chi connectivity index (χ0) is 13.7. The number of aryl methyl sites for hydroxylation is 1. The fraction of sp³-hybridized carbons (Fsp3) is 0.562. The smallest absolute Gasteiger partial charge is 0.0677 e. The number of rotatable bonds is 5. The number of benzene rings is 1. The molecule has 18 heavy (non-hydrogen) atoms. The lowest BCUT2D eigenvalue weighted by molar-refractivity contribution is 0.496. The lowest BCUT2D eigenvalue weighted by Crippen LogP contribution is -2.18. The predicted molar refractivity (Wildman–Crippen MR) is 77.7 cm³/mol. The van der Waals surface area contributed by atoms with Crippen molar-refractivity contribution in [1.29, 1.82) is 5.26 Å². The van der Waals surface area contributed by atoms with E-state index >= 15 is 0 Å². The first-order valence-electron chi connectivity index (χ1n) is 6.69. The van der Waals surface area contributed by atoms with Crippen LogP contribution in [0.3, 0.4) is 0 Å². The second-order valence-electron chi connectivity index (χ2n) is 5.59. The Morgan fingerprint density at radius 1 is 1.22 bits per heavy atom. The van der Waals surface area contributed by atoms with Crippen molar-refractivity contribution < 1.29 is 0 Å². The first-order chi connectivity index (χ1) is 8.45. The Kier molecular flexibility index (Phi) is 5.22. The van der Waals surface area contributed by atoms with Crippen molar-refractivity contribution in [3.63, 3.8) is 0 Å². The summed E-state index contributed by atoms with van der Waals surface area (Å²) in [6.07, 6.45) is 0. The van der Waals surface area contributed by atoms with Crippen LogP contribution in [0.25, 0.3) is 0 Å². The van der Waals surface area contributed by atoms with Gasteiger partial charge in [-0.25, -0.2) is 0 Å². The van der Waals surface area contributed by atoms with Gasteiger partial charge in [0.15, 0.2) is 0 Å². The largest absolute Gasteiger partial charge is 0.383 e. The molecule has 0 spiro atoms. The normalized spacial score (nSPS) is 12.6. The van der Waals surface area contributed by atoms with Crippen molar-refractivity contribution in [3.8, 4) is 6.07 Å². The molecule has 1 rings (SSSR count). The number of nitrogens with one attached hydrogen (secondary N) is 1. The summed E-state index contributed by atoms with van der Waals surface area (Å²) in [5, 5.41) is 12.5. The molecule has 1 unspecified atom stereocenters. The monoisotopic (exact) mass is 244 g/mol. The van der Waals surface area contributed by atoms with Crippen molar-refractivity contribution >= 4 is 5.69 Å². The first kappa shape index (κ1) is 14.6. The molecule has 0 heterocycles. The fourth-order valence-corrected chi connectivity index (χ4v) is 1.84. The molecule has 1 aromatic carbocycles. The van der Waals surface area contributed by atoms with E-state index in [0.29, 0.717) is 11.8 Å². The zero-order valence-electron chi connectivity index (χ0n) is 12.1. The number of hydrogen-bond donors (Lipinski definition) is 1. The molecule has 98 valence electrons. The minimum absolute atomic E-state index is 0.0621. The molecule has 2 nitrogen and oxygen atoms in total. The predicted octanol–water partition coefficient (Wildman–Crippen LogP) is 4.33. The van der Waals surface area contributed by atoms with E-state index in [1.54, 1.807) is 0 Å². The van der Waals surface area contributed by atoms with E-state index in [1.807, 2.05) is 0 Å². The molecule has 0 fully saturated rings. The summed E-state index contributed by atoms with van der Waals surface area (Å²) in [5.41, 5.74) is 3.73. The Hall–Kier alpha value is -1.49. The maximum Gasteiger partial charge on any atom is 0.0677 e. The van der Waals surface area contributed by atoms with Crippen LogP contribution in [-0.2, 0) is 0 Å². The van der Waals surface area contributed by atoms with E-state index in [9.17, 15) is 0 Å². The molecular formula is C16H24N2. The minimum atomic E-state index is 0.0621. The van der Waals surface area contributed by atoms with Gasteiger partial charge in [-0.05, 0) is 36.0 Å². The lowest BCUT2D eigenvalue weighted by atomic mass is 9.96. The van der Waals surface area contributed by atoms with Crippen LogP contribution in [-0.4, -0.2) is 6.54 Å². The maximum atomic E-state index is 9.10. The van der Waals surface area contributed by atoms with Crippen molar-refractivity contribution in [2.45, 2.75) is 40.5 Å². The molecule has 0 aromatic heterocycles. The minimum Gasteiger partial charge on any atom is -0.383 e. The molecule has 0 saturated carbocycles. The van der Waals surface area contributed by atoms with E-state index in [1.165, 1.54) is 11.1 Å². The topological polar surface area (TPSA) is 35.8 Å². The molecule has 1 atom stereocenters. The number of nitrogens with zero attached hydrogens (tertiary/aromatic N) is 1. The van der Waals surface area contributed by atoms with Gasteiger partial charge < -0.3 is 5.32 Å². The van der Waals surface area contributed by atoms with Crippen molar-refractivity contribution in [2.24, 2.45) is 11.8 Å². The van der Waals surface area contributed by atoms with Gasteiger partial charge in [0, 0.05) is 12.2 Å². The third-order valence-electron chi connectivity index (χ3n) is 3.41. The van der Waals surface area contributed by atoms with Gasteiger partial charge in [0.1, 0.15) is 0 Å². The van der Waals surface area contributed by atoms with Crippen LogP contribution in [0.4, 0.5) is 5.69 Å². The van der Waals surface area contributed by atoms with E-state index in [0.717, 1.165) is 12.2 Å². The molecule has 0 aliphatic heterocycles. The van der Waals surface area contributed by atoms with Crippen LogP contribution in [0.1, 0.15) is 44.7 Å². The zero-order valence-corrected chi connectivity index (χ0v) is 12.1. The summed E-state index contributed by atoms with van der Waals surface area (Å²) in [4.78, 5) is 0. The standard InChI is InChI=1S/C16H24N2/c1-11(2)14-7-6-13(5)16(8-14)18-10-15(9-17)12(3)4/h6-8,11-12,15,18H,10H2,1-5H3. The van der Waals surface area contributed by atoms with Gasteiger partial charge in [-0.15, -0.1) is 0 Å². The second kappa shape index (κ2) is 6.44. The molecule has 2 heteroatoms. The Balaban J connectivity index is 2.78. The maximum absolute atomic E-state index is 9.10.